The number of hydrogen-bond donors (Lipinski definition) is 2. The standard InChI is InChI=1S/C38H37NO10/c1-37(2)23-45-36(44)33(37)47-31(41)18-17-24-11-9-10-16-28(24)35(43)46-29-21-25(34(42)39-19-20-40)22-30-32(29)49-38(48-30,26-12-5-3-6-13-26)27-14-7-4-8-15-27/h3-18,22,29-30,32-33,40H,19-21,23H2,1-2H3,(H,39,42). The number of nitrogens with one attached hydrogen (secondary N) is 1. The molecule has 4 unspecified atom stereocenters. The Kier molecular flexibility index (Phi) is 9.77. The van der Waals surface area contributed by atoms with Gasteiger partial charge in [-0.15, -0.1) is 0 Å². The number of carbonyl (C=O) groups excluding carboxylic acids is 4. The van der Waals surface area contributed by atoms with Crippen LogP contribution < -0.4 is 5.32 Å². The average Bonchev–Trinajstić information content (AvgIpc) is 3.64. The molecule has 2 N–H and O–H groups in total. The molecule has 2 heterocycles. The van der Waals surface area contributed by atoms with Crippen LogP contribution in [0.5, 0.6) is 0 Å². The first kappa shape index (κ1) is 33.8. The van der Waals surface area contributed by atoms with Gasteiger partial charge >= 0.3 is 17.9 Å². The molecule has 6 rings (SSSR count). The van der Waals surface area contributed by atoms with Crippen molar-refractivity contribution >= 4 is 29.9 Å². The second kappa shape index (κ2) is 14.2. The zero-order valence-corrected chi connectivity index (χ0v) is 27.1. The van der Waals surface area contributed by atoms with Crippen LogP contribution in [-0.2, 0) is 43.9 Å². The van der Waals surface area contributed by atoms with Gasteiger partial charge in [-0.1, -0.05) is 92.7 Å². The molecule has 254 valence electrons. The Morgan fingerprint density at radius 3 is 2.20 bits per heavy atom. The summed E-state index contributed by atoms with van der Waals surface area (Å²) in [4.78, 5) is 51.7. The molecule has 11 nitrogen and oxygen atoms in total. The number of rotatable bonds is 10. The Bertz CT molecular complexity index is 1730. The van der Waals surface area contributed by atoms with Gasteiger partial charge in [0.2, 0.25) is 17.8 Å². The molecule has 3 aromatic rings. The highest BCUT2D eigenvalue weighted by Gasteiger charge is 2.55. The van der Waals surface area contributed by atoms with Crippen molar-refractivity contribution in [3.05, 3.63) is 125 Å². The third kappa shape index (κ3) is 7.05. The first-order chi connectivity index (χ1) is 23.6. The minimum Gasteiger partial charge on any atom is -0.462 e. The summed E-state index contributed by atoms with van der Waals surface area (Å²) in [6, 6.07) is 25.3. The number of hydrogen-bond acceptors (Lipinski definition) is 10. The number of amides is 1. The molecule has 0 radical (unpaired) electrons. The number of benzene rings is 3. The molecule has 2 fully saturated rings. The SMILES string of the molecule is CC1(C)COC(=O)C1OC(=O)C=Cc1ccccc1C(=O)OC1CC(C(=O)NCCO)=CC2OC(c3ccccc3)(c3ccccc3)OC21. The van der Waals surface area contributed by atoms with E-state index in [4.69, 9.17) is 23.7 Å². The monoisotopic (exact) mass is 667 g/mol. The molecule has 4 atom stereocenters. The highest BCUT2D eigenvalue weighted by Crippen LogP contribution is 2.47. The molecule has 3 aliphatic rings. The maximum absolute atomic E-state index is 13.8. The predicted octanol–water partition coefficient (Wildman–Crippen LogP) is 3.84. The summed E-state index contributed by atoms with van der Waals surface area (Å²) in [5.74, 6) is -3.88. The summed E-state index contributed by atoms with van der Waals surface area (Å²) in [5, 5.41) is 12.0. The van der Waals surface area contributed by atoms with E-state index in [1.165, 1.54) is 6.08 Å². The lowest BCUT2D eigenvalue weighted by Gasteiger charge is -2.31. The number of cyclic esters (lactones) is 1. The van der Waals surface area contributed by atoms with Gasteiger partial charge in [-0.05, 0) is 23.8 Å². The summed E-state index contributed by atoms with van der Waals surface area (Å²) >= 11 is 0. The van der Waals surface area contributed by atoms with Crippen molar-refractivity contribution in [1.29, 1.82) is 0 Å². The quantitative estimate of drug-likeness (QED) is 0.186. The molecule has 0 saturated carbocycles. The van der Waals surface area contributed by atoms with Gasteiger partial charge in [0.05, 0.1) is 12.2 Å². The number of aliphatic hydroxyl groups is 1. The lowest BCUT2D eigenvalue weighted by molar-refractivity contribution is -0.159. The Labute approximate surface area is 283 Å². The van der Waals surface area contributed by atoms with Crippen LogP contribution >= 0.6 is 0 Å². The van der Waals surface area contributed by atoms with E-state index in [-0.39, 0.29) is 31.7 Å². The normalized spacial score (nSPS) is 23.7. The fourth-order valence-corrected chi connectivity index (χ4v) is 6.15. The van der Waals surface area contributed by atoms with E-state index in [9.17, 15) is 24.3 Å². The van der Waals surface area contributed by atoms with Crippen molar-refractivity contribution in [2.24, 2.45) is 5.41 Å². The third-order valence-electron chi connectivity index (χ3n) is 8.66. The Morgan fingerprint density at radius 1 is 0.918 bits per heavy atom. The number of carbonyl (C=O) groups is 4. The van der Waals surface area contributed by atoms with Crippen molar-refractivity contribution < 1.29 is 48.0 Å². The molecule has 1 amide bonds. The van der Waals surface area contributed by atoms with E-state index in [1.54, 1.807) is 44.2 Å². The van der Waals surface area contributed by atoms with E-state index in [2.05, 4.69) is 5.32 Å². The van der Waals surface area contributed by atoms with Crippen molar-refractivity contribution in [2.45, 2.75) is 50.5 Å². The zero-order valence-electron chi connectivity index (χ0n) is 27.1. The summed E-state index contributed by atoms with van der Waals surface area (Å²) in [6.45, 7) is 3.47. The molecule has 2 saturated heterocycles. The first-order valence-corrected chi connectivity index (χ1v) is 16.0. The van der Waals surface area contributed by atoms with Gasteiger partial charge < -0.3 is 34.1 Å². The fourth-order valence-electron chi connectivity index (χ4n) is 6.15. The average molecular weight is 668 g/mol. The van der Waals surface area contributed by atoms with Crippen molar-refractivity contribution in [3.8, 4) is 0 Å². The van der Waals surface area contributed by atoms with Gasteiger partial charge in [0.1, 0.15) is 24.9 Å². The number of fused-ring (bicyclic) bond motifs is 1. The molecule has 0 bridgehead atoms. The molecule has 2 aliphatic heterocycles. The second-order valence-corrected chi connectivity index (χ2v) is 12.7. The molecule has 3 aromatic carbocycles. The second-order valence-electron chi connectivity index (χ2n) is 12.7. The highest BCUT2D eigenvalue weighted by atomic mass is 16.8. The fraction of sp³-hybridized carbons (Fsp3) is 0.316. The van der Waals surface area contributed by atoms with Crippen molar-refractivity contribution in [2.75, 3.05) is 19.8 Å². The Balaban J connectivity index is 1.28. The minimum atomic E-state index is -1.36. The summed E-state index contributed by atoms with van der Waals surface area (Å²) in [7, 11) is 0. The Morgan fingerprint density at radius 2 is 1.57 bits per heavy atom. The Hall–Kier alpha value is -5.10. The van der Waals surface area contributed by atoms with E-state index < -0.39 is 59.4 Å². The van der Waals surface area contributed by atoms with E-state index in [0.717, 1.165) is 17.2 Å². The van der Waals surface area contributed by atoms with Crippen LogP contribution in [0.25, 0.3) is 6.08 Å². The molecule has 49 heavy (non-hydrogen) atoms. The minimum absolute atomic E-state index is 0.0186. The van der Waals surface area contributed by atoms with Gasteiger partial charge in [-0.2, -0.15) is 0 Å². The van der Waals surface area contributed by atoms with Crippen LogP contribution in [-0.4, -0.2) is 73.1 Å². The lowest BCUT2D eigenvalue weighted by atomic mass is 9.90. The third-order valence-corrected chi connectivity index (χ3v) is 8.66. The maximum atomic E-state index is 13.8. The zero-order chi connectivity index (χ0) is 34.6. The van der Waals surface area contributed by atoms with Gasteiger partial charge in [-0.3, -0.25) is 4.79 Å². The van der Waals surface area contributed by atoms with Gasteiger partial charge in [0.15, 0.2) is 0 Å². The molecule has 1 aliphatic carbocycles. The summed E-state index contributed by atoms with van der Waals surface area (Å²) in [6.07, 6.45) is 0.666. The summed E-state index contributed by atoms with van der Waals surface area (Å²) in [5.41, 5.74) is 1.60. The van der Waals surface area contributed by atoms with Crippen LogP contribution in [0.15, 0.2) is 103 Å². The largest absolute Gasteiger partial charge is 0.462 e. The van der Waals surface area contributed by atoms with Crippen LogP contribution in [0.3, 0.4) is 0 Å². The van der Waals surface area contributed by atoms with Gasteiger partial charge in [0, 0.05) is 41.2 Å². The lowest BCUT2D eigenvalue weighted by Crippen LogP contribution is -2.43. The smallest absolute Gasteiger partial charge is 0.348 e. The highest BCUT2D eigenvalue weighted by molar-refractivity contribution is 5.97. The van der Waals surface area contributed by atoms with Gasteiger partial charge in [0.25, 0.3) is 0 Å². The van der Waals surface area contributed by atoms with E-state index in [0.29, 0.717) is 11.1 Å². The first-order valence-electron chi connectivity index (χ1n) is 16.0. The molecular formula is C38H37NO10. The molecule has 0 aromatic heterocycles. The van der Waals surface area contributed by atoms with Crippen LogP contribution in [0.2, 0.25) is 0 Å². The number of esters is 3. The predicted molar refractivity (Wildman–Crippen MR) is 176 cm³/mol. The van der Waals surface area contributed by atoms with Crippen LogP contribution in [0.4, 0.5) is 0 Å². The maximum Gasteiger partial charge on any atom is 0.348 e. The van der Waals surface area contributed by atoms with E-state index in [1.807, 2.05) is 60.7 Å². The summed E-state index contributed by atoms with van der Waals surface area (Å²) < 4.78 is 30.0. The number of ether oxygens (including phenoxy) is 5. The van der Waals surface area contributed by atoms with Gasteiger partial charge in [-0.25, -0.2) is 14.4 Å². The molecular weight excluding hydrogens is 630 g/mol. The molecule has 11 heteroatoms. The van der Waals surface area contributed by atoms with Crippen molar-refractivity contribution in [1.82, 2.24) is 5.32 Å². The molecule has 0 spiro atoms. The van der Waals surface area contributed by atoms with Crippen LogP contribution in [0, 0.1) is 5.41 Å². The van der Waals surface area contributed by atoms with Crippen LogP contribution in [0.1, 0.15) is 47.3 Å². The number of aliphatic hydroxyl groups excluding tert-OH is 1. The van der Waals surface area contributed by atoms with E-state index >= 15 is 0 Å². The van der Waals surface area contributed by atoms with Crippen molar-refractivity contribution in [3.63, 3.8) is 0 Å². The topological polar surface area (TPSA) is 147 Å².